The number of benzene rings is 1. The Morgan fingerprint density at radius 2 is 1.66 bits per heavy atom. The number of aromatic nitrogens is 1. The normalized spacial score (nSPS) is 19.9. The lowest BCUT2D eigenvalue weighted by molar-refractivity contribution is 0.0969. The van der Waals surface area contributed by atoms with Crippen LogP contribution in [0.4, 0.5) is 8.78 Å². The maximum Gasteiger partial charge on any atom is 0.304 e. The molecule has 2 saturated heterocycles. The van der Waals surface area contributed by atoms with Gasteiger partial charge in [0.1, 0.15) is 11.9 Å². The van der Waals surface area contributed by atoms with Crippen LogP contribution in [0.1, 0.15) is 68.1 Å². The van der Waals surface area contributed by atoms with E-state index in [9.17, 15) is 13.2 Å². The zero-order valence-electron chi connectivity index (χ0n) is 25.5. The predicted molar refractivity (Wildman–Crippen MR) is 162 cm³/mol. The number of ether oxygens (including phenoxy) is 2. The van der Waals surface area contributed by atoms with Crippen LogP contribution in [0.3, 0.4) is 0 Å². The summed E-state index contributed by atoms with van der Waals surface area (Å²) >= 11 is 0. The van der Waals surface area contributed by atoms with Gasteiger partial charge >= 0.3 is 10.2 Å². The van der Waals surface area contributed by atoms with Crippen LogP contribution < -0.4 is 14.2 Å². The van der Waals surface area contributed by atoms with E-state index < -0.39 is 45.2 Å². The van der Waals surface area contributed by atoms with Gasteiger partial charge in [0.05, 0.1) is 24.1 Å². The summed E-state index contributed by atoms with van der Waals surface area (Å²) in [5, 5.41) is 0. The quantitative estimate of drug-likeness (QED) is 0.353. The van der Waals surface area contributed by atoms with E-state index >= 15 is 8.78 Å². The van der Waals surface area contributed by atoms with E-state index in [1.54, 1.807) is 18.3 Å². The van der Waals surface area contributed by atoms with Gasteiger partial charge in [0.25, 0.3) is 5.91 Å². The molecule has 0 radical (unpaired) electrons. The molecule has 2 aromatic rings. The topological polar surface area (TPSA) is 104 Å². The van der Waals surface area contributed by atoms with Gasteiger partial charge in [-0.15, -0.1) is 0 Å². The van der Waals surface area contributed by atoms with Gasteiger partial charge in [-0.3, -0.25) is 9.78 Å². The minimum atomic E-state index is -4.23. The number of carbonyl (C=O) groups excluding carboxylic acids is 1. The molecular weight excluding hydrogens is 592 g/mol. The summed E-state index contributed by atoms with van der Waals surface area (Å²) in [5.41, 5.74) is -0.204. The van der Waals surface area contributed by atoms with Crippen LogP contribution in [0.2, 0.25) is 0 Å². The number of rotatable bonds is 13. The van der Waals surface area contributed by atoms with Gasteiger partial charge < -0.3 is 19.3 Å². The number of hydrogen-bond donors (Lipinski definition) is 1. The van der Waals surface area contributed by atoms with Crippen LogP contribution in [0.5, 0.6) is 11.5 Å². The third-order valence-corrected chi connectivity index (χ3v) is 10.3. The molecule has 1 atom stereocenters. The molecule has 1 saturated carbocycles. The molecule has 44 heavy (non-hydrogen) atoms. The van der Waals surface area contributed by atoms with Crippen LogP contribution in [0, 0.1) is 23.5 Å². The molecule has 10 nitrogen and oxygen atoms in total. The van der Waals surface area contributed by atoms with Crippen LogP contribution in [-0.2, 0) is 10.2 Å². The number of pyridine rings is 1. The molecule has 3 aliphatic rings. The minimum absolute atomic E-state index is 0.256. The highest BCUT2D eigenvalue weighted by atomic mass is 32.2. The summed E-state index contributed by atoms with van der Waals surface area (Å²) < 4.78 is 70.6. The van der Waals surface area contributed by atoms with E-state index in [0.717, 1.165) is 51.4 Å². The fourth-order valence-corrected chi connectivity index (χ4v) is 6.86. The molecule has 5 rings (SSSR count). The summed E-state index contributed by atoms with van der Waals surface area (Å²) in [6.07, 6.45) is 5.00. The number of carbonyl (C=O) groups is 1. The summed E-state index contributed by atoms with van der Waals surface area (Å²) in [6, 6.07) is 5.63. The van der Waals surface area contributed by atoms with Gasteiger partial charge in [-0.25, -0.2) is 9.11 Å². The Labute approximate surface area is 258 Å². The molecule has 0 unspecified atom stereocenters. The number of likely N-dealkylation sites (N-methyl/N-ethyl adjacent to an activating group) is 1. The van der Waals surface area contributed by atoms with Crippen molar-refractivity contribution in [1.29, 1.82) is 0 Å². The van der Waals surface area contributed by atoms with Gasteiger partial charge in [-0.05, 0) is 74.8 Å². The van der Waals surface area contributed by atoms with Gasteiger partial charge in [-0.1, -0.05) is 13.8 Å². The van der Waals surface area contributed by atoms with Gasteiger partial charge in [0.2, 0.25) is 5.82 Å². The Balaban J connectivity index is 1.14. The maximum atomic E-state index is 15.1. The lowest BCUT2D eigenvalue weighted by atomic mass is 9.97. The van der Waals surface area contributed by atoms with E-state index in [1.165, 1.54) is 17.1 Å². The van der Waals surface area contributed by atoms with Crippen molar-refractivity contribution < 1.29 is 31.5 Å². The first-order chi connectivity index (χ1) is 21.2. The second-order valence-electron chi connectivity index (χ2n) is 11.9. The number of piperidine rings is 1. The Bertz CT molecular complexity index is 1380. The molecule has 3 fully saturated rings. The SMILES string of the molecule is CC[C@@H](Oc1ccc(C(=O)NS(=O)(=O)N2CCC(CN3CCN(CC)CC3)CC2)c(F)c1F)c1ccc(OCC2CC2)cn1. The molecule has 1 amide bonds. The first kappa shape index (κ1) is 32.5. The van der Waals surface area contributed by atoms with E-state index in [4.69, 9.17) is 9.47 Å². The van der Waals surface area contributed by atoms with Crippen molar-refractivity contribution in [3.8, 4) is 11.5 Å². The lowest BCUT2D eigenvalue weighted by Gasteiger charge is -2.38. The number of nitrogens with zero attached hydrogens (tertiary/aromatic N) is 4. The molecule has 2 aliphatic heterocycles. The molecule has 13 heteroatoms. The molecule has 1 aliphatic carbocycles. The smallest absolute Gasteiger partial charge is 0.304 e. The summed E-state index contributed by atoms with van der Waals surface area (Å²) in [7, 11) is -4.23. The molecule has 0 spiro atoms. The number of hydrogen-bond acceptors (Lipinski definition) is 8. The predicted octanol–water partition coefficient (Wildman–Crippen LogP) is 4.00. The average Bonchev–Trinajstić information content (AvgIpc) is 3.86. The van der Waals surface area contributed by atoms with Gasteiger partial charge in [0, 0.05) is 45.8 Å². The summed E-state index contributed by atoms with van der Waals surface area (Å²) in [5.74, 6) is -2.90. The van der Waals surface area contributed by atoms with Crippen molar-refractivity contribution in [3.05, 3.63) is 53.4 Å². The largest absolute Gasteiger partial charge is 0.492 e. The lowest BCUT2D eigenvalue weighted by Crippen LogP contribution is -2.50. The van der Waals surface area contributed by atoms with Gasteiger partial charge in [-0.2, -0.15) is 17.1 Å². The number of halogens is 2. The Morgan fingerprint density at radius 3 is 2.27 bits per heavy atom. The zero-order valence-corrected chi connectivity index (χ0v) is 26.3. The van der Waals surface area contributed by atoms with Gasteiger partial charge in [0.15, 0.2) is 11.6 Å². The molecule has 0 bridgehead atoms. The molecule has 1 aromatic carbocycles. The molecule has 3 heterocycles. The maximum absolute atomic E-state index is 15.1. The second-order valence-corrected chi connectivity index (χ2v) is 13.6. The van der Waals surface area contributed by atoms with E-state index in [-0.39, 0.29) is 13.1 Å². The number of nitrogens with one attached hydrogen (secondary N) is 1. The molecule has 242 valence electrons. The van der Waals surface area contributed by atoms with Crippen molar-refractivity contribution in [1.82, 2.24) is 23.8 Å². The highest BCUT2D eigenvalue weighted by Gasteiger charge is 2.32. The zero-order chi connectivity index (χ0) is 31.3. The highest BCUT2D eigenvalue weighted by Crippen LogP contribution is 2.31. The fourth-order valence-electron chi connectivity index (χ4n) is 5.69. The van der Waals surface area contributed by atoms with E-state index in [2.05, 4.69) is 21.7 Å². The van der Waals surface area contributed by atoms with Crippen molar-refractivity contribution in [2.45, 2.75) is 52.1 Å². The minimum Gasteiger partial charge on any atom is -0.492 e. The Kier molecular flexibility index (Phi) is 10.7. The van der Waals surface area contributed by atoms with Crippen LogP contribution in [-0.4, -0.2) is 92.4 Å². The standard InChI is InChI=1S/C31H43F2N5O5S/c1-3-27(26-9-7-24(19-34-26)42-21-23-5-6-23)43-28-10-8-25(29(32)30(28)33)31(39)35-44(40,41)38-13-11-22(12-14-38)20-37-17-15-36(4-2)16-18-37/h7-10,19,22-23,27H,3-6,11-18,20-21H2,1-2H3,(H,35,39)/t27-/m1/s1. The third kappa shape index (κ3) is 8.23. The van der Waals surface area contributed by atoms with Crippen molar-refractivity contribution in [2.75, 3.05) is 59.0 Å². The first-order valence-corrected chi connectivity index (χ1v) is 17.1. The summed E-state index contributed by atoms with van der Waals surface area (Å²) in [4.78, 5) is 22.0. The van der Waals surface area contributed by atoms with Crippen molar-refractivity contribution >= 4 is 16.1 Å². The van der Waals surface area contributed by atoms with Crippen molar-refractivity contribution in [3.63, 3.8) is 0 Å². The van der Waals surface area contributed by atoms with E-state index in [1.807, 2.05) is 11.6 Å². The van der Waals surface area contributed by atoms with E-state index in [0.29, 0.717) is 49.1 Å². The molecule has 1 aromatic heterocycles. The number of amides is 1. The Morgan fingerprint density at radius 1 is 0.955 bits per heavy atom. The third-order valence-electron chi connectivity index (χ3n) is 8.77. The summed E-state index contributed by atoms with van der Waals surface area (Å²) in [6.45, 7) is 11.2. The van der Waals surface area contributed by atoms with Crippen LogP contribution in [0.25, 0.3) is 0 Å². The molecule has 1 N–H and O–H groups in total. The van der Waals surface area contributed by atoms with Crippen molar-refractivity contribution in [2.24, 2.45) is 11.8 Å². The van der Waals surface area contributed by atoms with Crippen LogP contribution in [0.15, 0.2) is 30.5 Å². The number of piperazine rings is 1. The second kappa shape index (κ2) is 14.5. The average molecular weight is 636 g/mol. The first-order valence-electron chi connectivity index (χ1n) is 15.7. The molecular formula is C31H43F2N5O5S. The monoisotopic (exact) mass is 635 g/mol. The Hall–Kier alpha value is -2.87. The highest BCUT2D eigenvalue weighted by molar-refractivity contribution is 7.87. The van der Waals surface area contributed by atoms with Crippen LogP contribution >= 0.6 is 0 Å². The fraction of sp³-hybridized carbons (Fsp3) is 0.613.